The number of hydrogen-bond donors (Lipinski definition) is 2. The van der Waals surface area contributed by atoms with Gasteiger partial charge >= 0.3 is 0 Å². The first-order valence-corrected chi connectivity index (χ1v) is 11.8. The molecule has 7 nitrogen and oxygen atoms in total. The third-order valence-electron chi connectivity index (χ3n) is 6.76. The summed E-state index contributed by atoms with van der Waals surface area (Å²) in [6.45, 7) is 6.71. The number of carbonyl (C=O) groups is 2. The van der Waals surface area contributed by atoms with Gasteiger partial charge in [-0.2, -0.15) is 0 Å². The van der Waals surface area contributed by atoms with Crippen molar-refractivity contribution in [3.8, 4) is 5.75 Å². The lowest BCUT2D eigenvalue weighted by Crippen LogP contribution is -2.50. The summed E-state index contributed by atoms with van der Waals surface area (Å²) in [4.78, 5) is 32.2. The van der Waals surface area contributed by atoms with Gasteiger partial charge < -0.3 is 20.3 Å². The molecule has 4 rings (SSSR count). The minimum Gasteiger partial charge on any atom is -0.496 e. The molecule has 2 saturated heterocycles. The van der Waals surface area contributed by atoms with Crippen molar-refractivity contribution in [1.82, 2.24) is 15.6 Å². The molecule has 2 aliphatic heterocycles. The van der Waals surface area contributed by atoms with E-state index in [1.54, 1.807) is 13.3 Å². The van der Waals surface area contributed by atoms with Crippen LogP contribution in [0.2, 0.25) is 0 Å². The molecule has 1 aromatic heterocycles. The number of piperidine rings is 1. The summed E-state index contributed by atoms with van der Waals surface area (Å²) in [5, 5.41) is 6.19. The van der Waals surface area contributed by atoms with Crippen molar-refractivity contribution in [1.29, 1.82) is 0 Å². The van der Waals surface area contributed by atoms with Crippen molar-refractivity contribution < 1.29 is 14.3 Å². The van der Waals surface area contributed by atoms with Gasteiger partial charge in [0.1, 0.15) is 11.6 Å². The lowest BCUT2D eigenvalue weighted by Gasteiger charge is -2.40. The van der Waals surface area contributed by atoms with Crippen LogP contribution < -0.4 is 20.3 Å². The van der Waals surface area contributed by atoms with Crippen molar-refractivity contribution in [2.45, 2.75) is 64.6 Å². The fourth-order valence-corrected chi connectivity index (χ4v) is 5.09. The molecule has 2 fully saturated rings. The average molecular weight is 451 g/mol. The predicted molar refractivity (Wildman–Crippen MR) is 129 cm³/mol. The van der Waals surface area contributed by atoms with Crippen LogP contribution in [0.4, 0.5) is 5.82 Å². The van der Waals surface area contributed by atoms with Crippen LogP contribution in [0.1, 0.15) is 65.8 Å². The van der Waals surface area contributed by atoms with Crippen LogP contribution in [0.25, 0.3) is 0 Å². The third kappa shape index (κ3) is 4.97. The van der Waals surface area contributed by atoms with Gasteiger partial charge in [-0.3, -0.25) is 9.59 Å². The summed E-state index contributed by atoms with van der Waals surface area (Å²) in [5.74, 6) is 1.92. The summed E-state index contributed by atoms with van der Waals surface area (Å²) in [6.07, 6.45) is 5.64. The van der Waals surface area contributed by atoms with E-state index in [1.165, 1.54) is 0 Å². The fraction of sp³-hybridized carbons (Fsp3) is 0.500. The highest BCUT2D eigenvalue weighted by Gasteiger charge is 2.41. The topological polar surface area (TPSA) is 83.6 Å². The molecular formula is C26H34N4O3. The summed E-state index contributed by atoms with van der Waals surface area (Å²) in [6, 6.07) is 10.2. The monoisotopic (exact) mass is 450 g/mol. The second-order valence-electron chi connectivity index (χ2n) is 9.58. The highest BCUT2D eigenvalue weighted by Crippen LogP contribution is 2.38. The zero-order valence-corrected chi connectivity index (χ0v) is 19.9. The molecule has 0 radical (unpaired) electrons. The van der Waals surface area contributed by atoms with E-state index in [0.717, 1.165) is 42.8 Å². The van der Waals surface area contributed by atoms with Crippen molar-refractivity contribution in [3.63, 3.8) is 0 Å². The Morgan fingerprint density at radius 2 is 1.85 bits per heavy atom. The van der Waals surface area contributed by atoms with Crippen LogP contribution in [-0.4, -0.2) is 48.6 Å². The molecule has 2 amide bonds. The van der Waals surface area contributed by atoms with Crippen molar-refractivity contribution in [3.05, 3.63) is 53.2 Å². The Morgan fingerprint density at radius 1 is 1.12 bits per heavy atom. The summed E-state index contributed by atoms with van der Waals surface area (Å²) < 4.78 is 5.36. The number of benzene rings is 1. The number of nitrogens with zero attached hydrogens (tertiary/aromatic N) is 2. The van der Waals surface area contributed by atoms with Gasteiger partial charge in [0, 0.05) is 42.0 Å². The van der Waals surface area contributed by atoms with Crippen LogP contribution in [-0.2, 0) is 0 Å². The summed E-state index contributed by atoms with van der Waals surface area (Å²) in [5.41, 5.74) is 2.11. The molecule has 33 heavy (non-hydrogen) atoms. The van der Waals surface area contributed by atoms with Gasteiger partial charge in [-0.05, 0) is 62.8 Å². The maximum atomic E-state index is 13.0. The summed E-state index contributed by atoms with van der Waals surface area (Å²) in [7, 11) is 1.62. The Kier molecular flexibility index (Phi) is 6.86. The van der Waals surface area contributed by atoms with Gasteiger partial charge in [0.05, 0.1) is 12.7 Å². The highest BCUT2D eigenvalue weighted by atomic mass is 16.5. The molecule has 2 bridgehead atoms. The number of anilines is 1. The zero-order chi connectivity index (χ0) is 23.5. The molecule has 0 aliphatic carbocycles. The van der Waals surface area contributed by atoms with E-state index in [-0.39, 0.29) is 17.9 Å². The van der Waals surface area contributed by atoms with E-state index in [2.05, 4.69) is 34.4 Å². The Hall–Kier alpha value is -3.09. The number of carbonyl (C=O) groups excluding carboxylic acids is 2. The van der Waals surface area contributed by atoms with Gasteiger partial charge in [0.15, 0.2) is 0 Å². The zero-order valence-electron chi connectivity index (χ0n) is 19.9. The van der Waals surface area contributed by atoms with Gasteiger partial charge in [-0.1, -0.05) is 19.9 Å². The molecule has 2 atom stereocenters. The van der Waals surface area contributed by atoms with E-state index < -0.39 is 0 Å². The predicted octanol–water partition coefficient (Wildman–Crippen LogP) is 3.71. The van der Waals surface area contributed by atoms with Crippen LogP contribution >= 0.6 is 0 Å². The molecule has 3 heterocycles. The normalized spacial score (nSPS) is 21.7. The lowest BCUT2D eigenvalue weighted by molar-refractivity contribution is 0.0923. The van der Waals surface area contributed by atoms with Crippen molar-refractivity contribution in [2.24, 2.45) is 5.92 Å². The second-order valence-corrected chi connectivity index (χ2v) is 9.58. The Labute approximate surface area is 195 Å². The first-order valence-electron chi connectivity index (χ1n) is 11.8. The standard InChI is InChI=1S/C26H34N4O3/c1-16(2)14-28-25(31)18-8-11-24(27-15-18)30-20-9-10-21(30)13-19(12-20)29-26(32)22-6-5-7-23(33-4)17(22)3/h5-8,11,15-16,19-21H,9-10,12-14H2,1-4H3,(H,28,31)(H,29,32). The van der Waals surface area contributed by atoms with E-state index in [0.29, 0.717) is 35.7 Å². The second kappa shape index (κ2) is 9.81. The molecule has 2 aromatic rings. The minimum atomic E-state index is -0.0834. The lowest BCUT2D eigenvalue weighted by atomic mass is 9.96. The largest absolute Gasteiger partial charge is 0.496 e. The molecule has 7 heteroatoms. The Bertz CT molecular complexity index is 991. The number of fused-ring (bicyclic) bond motifs is 2. The maximum absolute atomic E-state index is 13.0. The molecule has 2 unspecified atom stereocenters. The maximum Gasteiger partial charge on any atom is 0.252 e. The average Bonchev–Trinajstić information content (AvgIpc) is 3.07. The van der Waals surface area contributed by atoms with E-state index in [9.17, 15) is 9.59 Å². The number of methoxy groups -OCH3 is 1. The first-order chi connectivity index (χ1) is 15.9. The van der Waals surface area contributed by atoms with E-state index in [4.69, 9.17) is 4.74 Å². The smallest absolute Gasteiger partial charge is 0.252 e. The molecular weight excluding hydrogens is 416 g/mol. The van der Waals surface area contributed by atoms with Gasteiger partial charge in [-0.25, -0.2) is 4.98 Å². The van der Waals surface area contributed by atoms with Crippen LogP contribution in [0.5, 0.6) is 5.75 Å². The quantitative estimate of drug-likeness (QED) is 0.672. The van der Waals surface area contributed by atoms with Gasteiger partial charge in [-0.15, -0.1) is 0 Å². The van der Waals surface area contributed by atoms with Gasteiger partial charge in [0.2, 0.25) is 0 Å². The van der Waals surface area contributed by atoms with Crippen LogP contribution in [0.3, 0.4) is 0 Å². The number of amides is 2. The molecule has 176 valence electrons. The van der Waals surface area contributed by atoms with Crippen molar-refractivity contribution in [2.75, 3.05) is 18.6 Å². The van der Waals surface area contributed by atoms with Crippen molar-refractivity contribution >= 4 is 17.6 Å². The third-order valence-corrected chi connectivity index (χ3v) is 6.76. The van der Waals surface area contributed by atoms with Crippen LogP contribution in [0, 0.1) is 12.8 Å². The Balaban J connectivity index is 1.39. The number of ether oxygens (including phenoxy) is 1. The number of nitrogens with one attached hydrogen (secondary N) is 2. The number of rotatable bonds is 7. The Morgan fingerprint density at radius 3 is 2.45 bits per heavy atom. The molecule has 1 aromatic carbocycles. The fourth-order valence-electron chi connectivity index (χ4n) is 5.09. The van der Waals surface area contributed by atoms with Crippen LogP contribution in [0.15, 0.2) is 36.5 Å². The van der Waals surface area contributed by atoms with Gasteiger partial charge in [0.25, 0.3) is 11.8 Å². The number of aromatic nitrogens is 1. The molecule has 0 spiro atoms. The first kappa shape index (κ1) is 23.1. The van der Waals surface area contributed by atoms with E-state index >= 15 is 0 Å². The minimum absolute atomic E-state index is 0.0425. The van der Waals surface area contributed by atoms with E-state index in [1.807, 2.05) is 37.3 Å². The molecule has 2 aliphatic rings. The molecule has 0 saturated carbocycles. The summed E-state index contributed by atoms with van der Waals surface area (Å²) >= 11 is 0. The molecule has 2 N–H and O–H groups in total. The number of hydrogen-bond acceptors (Lipinski definition) is 5. The SMILES string of the molecule is COc1cccc(C(=O)NC2CC3CCC(C2)N3c2ccc(C(=O)NCC(C)C)cn2)c1C. The highest BCUT2D eigenvalue weighted by molar-refractivity contribution is 5.96. The number of pyridine rings is 1.